The Labute approximate surface area is 202 Å². The molecule has 1 saturated carbocycles. The van der Waals surface area contributed by atoms with Crippen molar-refractivity contribution >= 4 is 15.1 Å². The van der Waals surface area contributed by atoms with Crippen LogP contribution in [0.15, 0.2) is 91.0 Å². The first-order chi connectivity index (χ1) is 16.1. The summed E-state index contributed by atoms with van der Waals surface area (Å²) in [5, 5.41) is 3.18. The predicted octanol–water partition coefficient (Wildman–Crippen LogP) is 10.9. The largest absolute Gasteiger partial charge is 0.0832 e. The summed E-state index contributed by atoms with van der Waals surface area (Å²) in [6, 6.07) is 33.6. The highest BCUT2D eigenvalue weighted by atomic mass is 31.9. The Kier molecular flexibility index (Phi) is 6.87. The zero-order valence-corrected chi connectivity index (χ0v) is 21.8. The number of benzene rings is 3. The molecule has 0 spiro atoms. The van der Waals surface area contributed by atoms with Crippen molar-refractivity contribution in [3.63, 3.8) is 0 Å². The standard InChI is InChI=1S/C31H34P2/c1-22(2)27-20-19-23(3)21-28(27)33-31(26-17-11-6-12-18-26)29(24-13-7-4-8-14-24)30(32-33)25-15-9-5-10-16-25/h4-18,22-23,27-28H,19-21H2,1-3H3/t23-,27+,28-,33?/m0/s1. The van der Waals surface area contributed by atoms with Crippen molar-refractivity contribution in [2.45, 2.75) is 45.7 Å². The molecule has 0 radical (unpaired) electrons. The summed E-state index contributed by atoms with van der Waals surface area (Å²) in [7, 11) is 1.23. The molecule has 0 saturated heterocycles. The molecule has 0 aliphatic heterocycles. The van der Waals surface area contributed by atoms with E-state index in [1.165, 1.54) is 46.8 Å². The summed E-state index contributed by atoms with van der Waals surface area (Å²) < 4.78 is 0. The lowest BCUT2D eigenvalue weighted by Crippen LogP contribution is -2.22. The average molecular weight is 469 g/mol. The van der Waals surface area contributed by atoms with E-state index in [1.807, 2.05) is 0 Å². The highest BCUT2D eigenvalue weighted by Crippen LogP contribution is 2.70. The molecule has 33 heavy (non-hydrogen) atoms. The molecule has 0 amide bonds. The van der Waals surface area contributed by atoms with Crippen molar-refractivity contribution < 1.29 is 0 Å². The maximum absolute atomic E-state index is 2.48. The third-order valence-electron chi connectivity index (χ3n) is 7.37. The van der Waals surface area contributed by atoms with Gasteiger partial charge in [-0.25, -0.2) is 0 Å². The molecule has 1 heterocycles. The zero-order chi connectivity index (χ0) is 22.8. The van der Waals surface area contributed by atoms with Gasteiger partial charge in [-0.15, -0.1) is 0 Å². The Hall–Kier alpha value is -2.13. The molecule has 4 atom stereocenters. The van der Waals surface area contributed by atoms with Crippen molar-refractivity contribution in [2.24, 2.45) is 17.8 Å². The number of rotatable bonds is 5. The Morgan fingerprint density at radius 3 is 1.85 bits per heavy atom. The van der Waals surface area contributed by atoms with Crippen LogP contribution in [0.3, 0.4) is 0 Å². The van der Waals surface area contributed by atoms with Crippen LogP contribution in [0.2, 0.25) is 0 Å². The zero-order valence-electron chi connectivity index (χ0n) is 20.0. The molecule has 0 N–H and O–H groups in total. The van der Waals surface area contributed by atoms with Gasteiger partial charge in [-0.2, -0.15) is 0 Å². The SMILES string of the molecule is CC(C)[C@H]1CC[C@H](C)C[C@@H]1p1pc(-c2ccccc2)c(-c2ccccc2)c1-c1ccccc1. The van der Waals surface area contributed by atoms with E-state index in [2.05, 4.69) is 112 Å². The molecule has 2 heteroatoms. The van der Waals surface area contributed by atoms with Gasteiger partial charge in [0.2, 0.25) is 0 Å². The number of hydrogen-bond donors (Lipinski definition) is 0. The van der Waals surface area contributed by atoms with Crippen LogP contribution in [0, 0.1) is 17.8 Å². The van der Waals surface area contributed by atoms with Crippen LogP contribution in [-0.2, 0) is 0 Å². The van der Waals surface area contributed by atoms with E-state index in [-0.39, 0.29) is 7.21 Å². The van der Waals surface area contributed by atoms with Gasteiger partial charge in [0.25, 0.3) is 0 Å². The molecule has 5 rings (SSSR count). The topological polar surface area (TPSA) is 0 Å². The van der Waals surface area contributed by atoms with Crippen LogP contribution in [0.25, 0.3) is 32.8 Å². The number of hydrogen-bond acceptors (Lipinski definition) is 0. The molecule has 1 aliphatic rings. The van der Waals surface area contributed by atoms with E-state index in [0.29, 0.717) is 0 Å². The minimum atomic E-state index is -0.312. The maximum Gasteiger partial charge on any atom is 0.0218 e. The normalized spacial score (nSPS) is 21.6. The van der Waals surface area contributed by atoms with Gasteiger partial charge in [0.1, 0.15) is 0 Å². The minimum absolute atomic E-state index is 0.312. The molecule has 1 unspecified atom stereocenters. The van der Waals surface area contributed by atoms with Gasteiger partial charge in [0.05, 0.1) is 0 Å². The van der Waals surface area contributed by atoms with Crippen LogP contribution < -0.4 is 0 Å². The summed E-state index contributed by atoms with van der Waals surface area (Å²) >= 11 is 0. The van der Waals surface area contributed by atoms with E-state index in [9.17, 15) is 0 Å². The van der Waals surface area contributed by atoms with E-state index in [0.717, 1.165) is 23.4 Å². The lowest BCUT2D eigenvalue weighted by atomic mass is 9.77. The van der Waals surface area contributed by atoms with E-state index >= 15 is 0 Å². The second-order valence-corrected chi connectivity index (χ2v) is 14.3. The van der Waals surface area contributed by atoms with Crippen molar-refractivity contribution in [1.29, 1.82) is 0 Å². The van der Waals surface area contributed by atoms with Gasteiger partial charge < -0.3 is 0 Å². The first kappa shape index (κ1) is 22.7. The Bertz CT molecular complexity index is 1180. The van der Waals surface area contributed by atoms with Crippen LogP contribution in [0.5, 0.6) is 0 Å². The van der Waals surface area contributed by atoms with Crippen molar-refractivity contribution in [2.75, 3.05) is 0 Å². The monoisotopic (exact) mass is 468 g/mol. The Balaban J connectivity index is 1.82. The van der Waals surface area contributed by atoms with E-state index in [1.54, 1.807) is 13.2 Å². The third kappa shape index (κ3) is 4.62. The second kappa shape index (κ2) is 10.0. The van der Waals surface area contributed by atoms with Crippen molar-refractivity contribution in [1.82, 2.24) is 0 Å². The van der Waals surface area contributed by atoms with Crippen LogP contribution in [0.4, 0.5) is 0 Å². The summed E-state index contributed by atoms with van der Waals surface area (Å²) in [4.78, 5) is 0. The van der Waals surface area contributed by atoms with Gasteiger partial charge in [0, 0.05) is 21.8 Å². The molecular formula is C31H34P2. The Morgan fingerprint density at radius 2 is 1.27 bits per heavy atom. The quantitative estimate of drug-likeness (QED) is 0.273. The molecule has 1 aromatic heterocycles. The van der Waals surface area contributed by atoms with Gasteiger partial charge >= 0.3 is 0 Å². The minimum Gasteiger partial charge on any atom is -0.0832 e. The highest BCUT2D eigenvalue weighted by molar-refractivity contribution is 8.03. The molecule has 4 aromatic rings. The predicted molar refractivity (Wildman–Crippen MR) is 148 cm³/mol. The summed E-state index contributed by atoms with van der Waals surface area (Å²) in [5.41, 5.74) is 6.49. The molecule has 0 bridgehead atoms. The fraction of sp³-hybridized carbons (Fsp3) is 0.323. The highest BCUT2D eigenvalue weighted by Gasteiger charge is 2.35. The van der Waals surface area contributed by atoms with Gasteiger partial charge in [-0.1, -0.05) is 125 Å². The van der Waals surface area contributed by atoms with Crippen molar-refractivity contribution in [3.05, 3.63) is 91.0 Å². The lowest BCUT2D eigenvalue weighted by molar-refractivity contribution is 0.225. The fourth-order valence-electron chi connectivity index (χ4n) is 5.66. The first-order valence-electron chi connectivity index (χ1n) is 12.4. The van der Waals surface area contributed by atoms with Gasteiger partial charge in [0.15, 0.2) is 0 Å². The lowest BCUT2D eigenvalue weighted by Gasteiger charge is -2.38. The second-order valence-electron chi connectivity index (χ2n) is 10.0. The van der Waals surface area contributed by atoms with E-state index in [4.69, 9.17) is 0 Å². The fourth-order valence-corrected chi connectivity index (χ4v) is 12.9. The van der Waals surface area contributed by atoms with Crippen LogP contribution in [0.1, 0.15) is 45.7 Å². The molecule has 0 nitrogen and oxygen atoms in total. The van der Waals surface area contributed by atoms with Gasteiger partial charge in [-0.3, -0.25) is 0 Å². The van der Waals surface area contributed by atoms with Crippen LogP contribution >= 0.6 is 15.1 Å². The Morgan fingerprint density at radius 1 is 0.727 bits per heavy atom. The summed E-state index contributed by atoms with van der Waals surface area (Å²) in [5.74, 6) is 2.41. The third-order valence-corrected chi connectivity index (χ3v) is 13.2. The van der Waals surface area contributed by atoms with E-state index < -0.39 is 0 Å². The first-order valence-corrected chi connectivity index (χ1v) is 15.4. The smallest absolute Gasteiger partial charge is 0.0218 e. The molecular weight excluding hydrogens is 434 g/mol. The summed E-state index contributed by atoms with van der Waals surface area (Å²) in [6.45, 7) is 7.40. The molecule has 1 fully saturated rings. The maximum atomic E-state index is 2.48. The van der Waals surface area contributed by atoms with Crippen LogP contribution in [-0.4, -0.2) is 0 Å². The van der Waals surface area contributed by atoms with Crippen molar-refractivity contribution in [3.8, 4) is 32.8 Å². The summed E-state index contributed by atoms with van der Waals surface area (Å²) in [6.07, 6.45) is 4.16. The average Bonchev–Trinajstić information content (AvgIpc) is 3.26. The van der Waals surface area contributed by atoms with Gasteiger partial charge in [-0.05, 0) is 55.2 Å². The molecule has 1 aliphatic carbocycles. The molecule has 168 valence electrons. The molecule has 3 aromatic carbocycles.